The second-order valence-corrected chi connectivity index (χ2v) is 7.85. The van der Waals surface area contributed by atoms with Gasteiger partial charge in [-0.2, -0.15) is 5.10 Å². The van der Waals surface area contributed by atoms with Crippen LogP contribution in [0.4, 0.5) is 11.6 Å². The van der Waals surface area contributed by atoms with Crippen LogP contribution in [-0.2, 0) is 4.74 Å². The van der Waals surface area contributed by atoms with Crippen LogP contribution in [0, 0.1) is 5.92 Å². The van der Waals surface area contributed by atoms with Crippen molar-refractivity contribution in [3.63, 3.8) is 0 Å². The summed E-state index contributed by atoms with van der Waals surface area (Å²) < 4.78 is 7.95. The number of hydrogen-bond acceptors (Lipinski definition) is 7. The zero-order valence-corrected chi connectivity index (χ0v) is 16.2. The highest BCUT2D eigenvalue weighted by Gasteiger charge is 2.29. The fraction of sp³-hybridized carbons (Fsp3) is 0.684. The Kier molecular flexibility index (Phi) is 5.52. The fourth-order valence-corrected chi connectivity index (χ4v) is 4.19. The third-order valence-corrected chi connectivity index (χ3v) is 5.54. The van der Waals surface area contributed by atoms with Gasteiger partial charge in [0.1, 0.15) is 30.6 Å². The van der Waals surface area contributed by atoms with Crippen molar-refractivity contribution in [1.82, 2.24) is 24.7 Å². The first-order valence-electron chi connectivity index (χ1n) is 10.00. The second kappa shape index (κ2) is 8.21. The Hall–Kier alpha value is -2.22. The largest absolute Gasteiger partial charge is 0.376 e. The van der Waals surface area contributed by atoms with E-state index in [0.717, 1.165) is 57.0 Å². The molecular formula is C19H29N7O. The van der Waals surface area contributed by atoms with E-state index in [1.165, 1.54) is 0 Å². The van der Waals surface area contributed by atoms with Gasteiger partial charge < -0.3 is 15.0 Å². The standard InChI is InChI=1S/C19H29N7O/c1-14(2)19-16(6-4-8-27-19)24-17-9-18(22-12-21-17)25-7-3-5-15(10-25)26-13-20-11-23-26/h9,11-16,19H,3-8,10H2,1-2H3,(H,21,22,24)/t15-,16+,19+/m1/s1. The van der Waals surface area contributed by atoms with Gasteiger partial charge in [0.15, 0.2) is 0 Å². The Bertz CT molecular complexity index is 721. The van der Waals surface area contributed by atoms with Crippen molar-refractivity contribution < 1.29 is 4.74 Å². The number of anilines is 2. The number of hydrogen-bond donors (Lipinski definition) is 1. The van der Waals surface area contributed by atoms with E-state index >= 15 is 0 Å². The maximum absolute atomic E-state index is 5.99. The van der Waals surface area contributed by atoms with E-state index < -0.39 is 0 Å². The highest BCUT2D eigenvalue weighted by Crippen LogP contribution is 2.27. The van der Waals surface area contributed by atoms with Crippen LogP contribution in [-0.4, -0.2) is 56.6 Å². The summed E-state index contributed by atoms with van der Waals surface area (Å²) in [5.41, 5.74) is 0. The minimum atomic E-state index is 0.226. The third-order valence-electron chi connectivity index (χ3n) is 5.54. The molecule has 2 aliphatic heterocycles. The van der Waals surface area contributed by atoms with Gasteiger partial charge in [0, 0.05) is 25.8 Å². The molecule has 8 heteroatoms. The molecule has 8 nitrogen and oxygen atoms in total. The molecule has 0 bridgehead atoms. The van der Waals surface area contributed by atoms with Crippen LogP contribution < -0.4 is 10.2 Å². The van der Waals surface area contributed by atoms with Crippen molar-refractivity contribution >= 4 is 11.6 Å². The van der Waals surface area contributed by atoms with E-state index in [-0.39, 0.29) is 6.10 Å². The average Bonchev–Trinajstić information content (AvgIpc) is 3.23. The van der Waals surface area contributed by atoms with Gasteiger partial charge in [-0.3, -0.25) is 0 Å². The van der Waals surface area contributed by atoms with Crippen LogP contribution in [0.2, 0.25) is 0 Å². The van der Waals surface area contributed by atoms with Crippen LogP contribution in [0.3, 0.4) is 0 Å². The Morgan fingerprint density at radius 2 is 2.11 bits per heavy atom. The number of nitrogens with zero attached hydrogens (tertiary/aromatic N) is 6. The topological polar surface area (TPSA) is 81.0 Å². The van der Waals surface area contributed by atoms with Crippen LogP contribution in [0.25, 0.3) is 0 Å². The van der Waals surface area contributed by atoms with Crippen molar-refractivity contribution in [2.75, 3.05) is 29.9 Å². The molecular weight excluding hydrogens is 342 g/mol. The lowest BCUT2D eigenvalue weighted by molar-refractivity contribution is -0.0203. The summed E-state index contributed by atoms with van der Waals surface area (Å²) in [6.45, 7) is 7.18. The second-order valence-electron chi connectivity index (χ2n) is 7.85. The number of aromatic nitrogens is 5. The summed E-state index contributed by atoms with van der Waals surface area (Å²) >= 11 is 0. The monoisotopic (exact) mass is 371 g/mol. The van der Waals surface area contributed by atoms with Gasteiger partial charge in [0.05, 0.1) is 18.2 Å². The van der Waals surface area contributed by atoms with Crippen molar-refractivity contribution in [3.8, 4) is 0 Å². The number of rotatable bonds is 5. The number of ether oxygens (including phenoxy) is 1. The van der Waals surface area contributed by atoms with E-state index in [1.54, 1.807) is 19.0 Å². The smallest absolute Gasteiger partial charge is 0.137 e. The molecule has 0 amide bonds. The predicted octanol–water partition coefficient (Wildman–Crippen LogP) is 2.53. The molecule has 2 aromatic rings. The maximum atomic E-state index is 5.99. The molecule has 2 saturated heterocycles. The van der Waals surface area contributed by atoms with E-state index in [2.05, 4.69) is 50.2 Å². The molecule has 0 radical (unpaired) electrons. The summed E-state index contributed by atoms with van der Waals surface area (Å²) in [6, 6.07) is 2.70. The van der Waals surface area contributed by atoms with E-state index in [9.17, 15) is 0 Å². The quantitative estimate of drug-likeness (QED) is 0.865. The van der Waals surface area contributed by atoms with Gasteiger partial charge >= 0.3 is 0 Å². The van der Waals surface area contributed by atoms with Crippen molar-refractivity contribution in [2.45, 2.75) is 57.7 Å². The summed E-state index contributed by atoms with van der Waals surface area (Å²) in [7, 11) is 0. The van der Waals surface area contributed by atoms with Gasteiger partial charge in [-0.1, -0.05) is 13.8 Å². The number of piperidine rings is 1. The van der Waals surface area contributed by atoms with E-state index in [0.29, 0.717) is 18.0 Å². The lowest BCUT2D eigenvalue weighted by Gasteiger charge is -2.36. The zero-order chi connectivity index (χ0) is 18.6. The van der Waals surface area contributed by atoms with Gasteiger partial charge in [-0.25, -0.2) is 19.6 Å². The Morgan fingerprint density at radius 1 is 1.19 bits per heavy atom. The van der Waals surface area contributed by atoms with Gasteiger partial charge in [-0.05, 0) is 31.6 Å². The molecule has 4 heterocycles. The molecule has 1 N–H and O–H groups in total. The van der Waals surface area contributed by atoms with E-state index in [1.807, 2.05) is 4.68 Å². The summed E-state index contributed by atoms with van der Waals surface area (Å²) in [6.07, 6.45) is 9.72. The van der Waals surface area contributed by atoms with Crippen LogP contribution >= 0.6 is 0 Å². The highest BCUT2D eigenvalue weighted by atomic mass is 16.5. The van der Waals surface area contributed by atoms with E-state index in [4.69, 9.17) is 4.74 Å². The molecule has 4 rings (SSSR count). The number of nitrogens with one attached hydrogen (secondary N) is 1. The molecule has 2 fully saturated rings. The molecule has 146 valence electrons. The minimum Gasteiger partial charge on any atom is -0.376 e. The molecule has 0 aromatic carbocycles. The van der Waals surface area contributed by atoms with Crippen molar-refractivity contribution in [3.05, 3.63) is 25.0 Å². The summed E-state index contributed by atoms with van der Waals surface area (Å²) in [4.78, 5) is 15.4. The first-order chi connectivity index (χ1) is 13.2. The molecule has 0 spiro atoms. The maximum Gasteiger partial charge on any atom is 0.137 e. The molecule has 0 unspecified atom stereocenters. The summed E-state index contributed by atoms with van der Waals surface area (Å²) in [5, 5.41) is 7.91. The van der Waals surface area contributed by atoms with Crippen molar-refractivity contribution in [2.24, 2.45) is 5.92 Å². The Labute approximate surface area is 160 Å². The highest BCUT2D eigenvalue weighted by molar-refractivity contribution is 5.49. The predicted molar refractivity (Wildman–Crippen MR) is 104 cm³/mol. The molecule has 27 heavy (non-hydrogen) atoms. The first kappa shape index (κ1) is 18.2. The normalized spacial score (nSPS) is 26.3. The lowest BCUT2D eigenvalue weighted by atomic mass is 9.93. The average molecular weight is 371 g/mol. The van der Waals surface area contributed by atoms with Crippen molar-refractivity contribution in [1.29, 1.82) is 0 Å². The van der Waals surface area contributed by atoms with Gasteiger partial charge in [-0.15, -0.1) is 0 Å². The summed E-state index contributed by atoms with van der Waals surface area (Å²) in [5.74, 6) is 2.33. The molecule has 2 aromatic heterocycles. The molecule has 0 saturated carbocycles. The molecule has 0 aliphatic carbocycles. The van der Waals surface area contributed by atoms with Gasteiger partial charge in [0.2, 0.25) is 0 Å². The Morgan fingerprint density at radius 3 is 2.93 bits per heavy atom. The van der Waals surface area contributed by atoms with Crippen LogP contribution in [0.15, 0.2) is 25.0 Å². The first-order valence-corrected chi connectivity index (χ1v) is 10.00. The van der Waals surface area contributed by atoms with Crippen LogP contribution in [0.5, 0.6) is 0 Å². The van der Waals surface area contributed by atoms with Crippen LogP contribution in [0.1, 0.15) is 45.6 Å². The minimum absolute atomic E-state index is 0.226. The zero-order valence-electron chi connectivity index (χ0n) is 16.2. The third kappa shape index (κ3) is 4.21. The fourth-order valence-electron chi connectivity index (χ4n) is 4.19. The Balaban J connectivity index is 1.45. The SMILES string of the molecule is CC(C)[C@@H]1OCCC[C@@H]1Nc1cc(N2CCC[C@@H](n3cncn3)C2)ncn1. The molecule has 3 atom stereocenters. The van der Waals surface area contributed by atoms with Gasteiger partial charge in [0.25, 0.3) is 0 Å². The lowest BCUT2D eigenvalue weighted by Crippen LogP contribution is -2.43. The molecule has 2 aliphatic rings.